The Balaban J connectivity index is 1.01. The van der Waals surface area contributed by atoms with Gasteiger partial charge in [0.1, 0.15) is 17.2 Å². The lowest BCUT2D eigenvalue weighted by molar-refractivity contribution is -0.174. The summed E-state index contributed by atoms with van der Waals surface area (Å²) in [5.41, 5.74) is 9.95. The molecule has 54 heavy (non-hydrogen) atoms. The first-order chi connectivity index (χ1) is 25.7. The normalized spacial score (nSPS) is 38.0. The molecule has 0 spiro atoms. The van der Waals surface area contributed by atoms with Crippen LogP contribution in [0, 0.1) is 64.6 Å². The van der Waals surface area contributed by atoms with Crippen LogP contribution in [0.15, 0.2) is 16.4 Å². The molecule has 1 saturated heterocycles. The number of nitrogens with zero attached hydrogens (tertiary/aromatic N) is 4. The van der Waals surface area contributed by atoms with Gasteiger partial charge < -0.3 is 15.5 Å². The summed E-state index contributed by atoms with van der Waals surface area (Å²) in [4.78, 5) is 57.4. The molecule has 13 atom stereocenters. The first-order valence-corrected chi connectivity index (χ1v) is 21.6. The third-order valence-corrected chi connectivity index (χ3v) is 16.6. The first-order valence-electron chi connectivity index (χ1n) is 20.5. The lowest BCUT2D eigenvalue weighted by Crippen LogP contribution is -2.70. The number of allylic oxidation sites excluding steroid dienone is 1. The van der Waals surface area contributed by atoms with E-state index in [1.165, 1.54) is 4.90 Å². The summed E-state index contributed by atoms with van der Waals surface area (Å²) in [6.07, 6.45) is 15.3. The average molecular weight is 764 g/mol. The molecule has 2 heterocycles. The number of aliphatic hydroxyl groups excluding tert-OH is 2. The molecule has 3 N–H and O–H groups in total. The summed E-state index contributed by atoms with van der Waals surface area (Å²) in [6.45, 7) is 9.25. The van der Waals surface area contributed by atoms with Gasteiger partial charge >= 0.3 is 0 Å². The number of Topliss-reactive ketones (excluding diaryl/α,β-unsaturated/α-hetero) is 2. The maximum absolute atomic E-state index is 13.6. The molecule has 6 aliphatic rings. The summed E-state index contributed by atoms with van der Waals surface area (Å²) >= 11 is 1.55. The van der Waals surface area contributed by atoms with Crippen molar-refractivity contribution in [3.8, 4) is 12.3 Å². The number of azide groups is 1. The minimum absolute atomic E-state index is 0.0395. The standard InChI is InChI=1S/C42H61N5O6S/c1-6-8-26(19-28(48)9-7-18-44-46-43)20-34(51)38-25(3)23-54-40-37(39(53)47(38)40)45-35(52)13-10-24(2)30-11-12-31-36-32(15-17-42(30,31)5)41(4)16-14-29(49)21-27(41)22-33(36)50/h1,24,26-27,29-33,36-37,40,49-50H,7-23H2,2-5H3,(H,45,52)/t24-,26?,27+,29-,30-,31+,32+,33?,36+,37?,40?,41+,42-/m1/s1. The number of terminal acetylenes is 1. The van der Waals surface area contributed by atoms with Crippen molar-refractivity contribution < 1.29 is 29.4 Å². The predicted molar refractivity (Wildman–Crippen MR) is 208 cm³/mol. The Kier molecular flexibility index (Phi) is 12.6. The van der Waals surface area contributed by atoms with E-state index in [1.807, 2.05) is 6.92 Å². The SMILES string of the molecule is C#CCC(CC(=O)CCCN=[N+]=[N-])CC(=O)C1=C(C)CSC2C(NC(=O)CC[C@@H](C)[C@H]3CC[C@H]4[C@@H]5C(O)C[C@@H]6C[C@H](O)CC[C@]6(C)[C@H]5CC[C@]34C)C(=O)N12. The van der Waals surface area contributed by atoms with Crippen LogP contribution in [-0.4, -0.2) is 74.4 Å². The number of hydrogen-bond donors (Lipinski definition) is 3. The molecular weight excluding hydrogens is 703 g/mol. The van der Waals surface area contributed by atoms with Crippen molar-refractivity contribution in [3.05, 3.63) is 21.7 Å². The zero-order valence-corrected chi connectivity index (χ0v) is 33.5. The van der Waals surface area contributed by atoms with Crippen LogP contribution in [0.1, 0.15) is 124 Å². The van der Waals surface area contributed by atoms with E-state index in [0.29, 0.717) is 59.8 Å². The number of amides is 2. The Bertz CT molecular complexity index is 1600. The van der Waals surface area contributed by atoms with E-state index >= 15 is 0 Å². The number of thioether (sulfide) groups is 1. The molecule has 0 aromatic heterocycles. The molecule has 6 rings (SSSR count). The van der Waals surface area contributed by atoms with Crippen LogP contribution in [0.2, 0.25) is 0 Å². The van der Waals surface area contributed by atoms with Gasteiger partial charge in [-0.25, -0.2) is 0 Å². The topological polar surface area (TPSA) is 173 Å². The first kappa shape index (κ1) is 40.8. The molecule has 4 unspecified atom stereocenters. The van der Waals surface area contributed by atoms with Gasteiger partial charge in [-0.15, -0.1) is 24.1 Å². The molecule has 12 heteroatoms. The smallest absolute Gasteiger partial charge is 0.253 e. The van der Waals surface area contributed by atoms with Gasteiger partial charge in [0.15, 0.2) is 5.78 Å². The molecule has 11 nitrogen and oxygen atoms in total. The minimum Gasteiger partial charge on any atom is -0.393 e. The molecule has 0 bridgehead atoms. The van der Waals surface area contributed by atoms with Crippen molar-refractivity contribution in [1.82, 2.24) is 10.2 Å². The number of ketones is 2. The maximum Gasteiger partial charge on any atom is 0.253 e. The van der Waals surface area contributed by atoms with Crippen molar-refractivity contribution in [2.75, 3.05) is 12.3 Å². The molecule has 296 valence electrons. The van der Waals surface area contributed by atoms with E-state index in [-0.39, 0.29) is 89.9 Å². The van der Waals surface area contributed by atoms with Gasteiger partial charge in [-0.05, 0) is 134 Å². The molecule has 0 radical (unpaired) electrons. The number of carbonyl (C=O) groups excluding carboxylic acids is 4. The maximum atomic E-state index is 13.6. The molecule has 0 aromatic carbocycles. The number of hydrogen-bond acceptors (Lipinski definition) is 8. The van der Waals surface area contributed by atoms with E-state index in [1.54, 1.807) is 11.8 Å². The lowest BCUT2D eigenvalue weighted by Gasteiger charge is -2.62. The second-order valence-electron chi connectivity index (χ2n) is 18.3. The third-order valence-electron chi connectivity index (χ3n) is 15.2. The van der Waals surface area contributed by atoms with E-state index in [2.05, 4.69) is 42.0 Å². The Morgan fingerprint density at radius 1 is 1.09 bits per heavy atom. The van der Waals surface area contributed by atoms with Gasteiger partial charge in [0.25, 0.3) is 5.91 Å². The number of carbonyl (C=O) groups is 4. The highest BCUT2D eigenvalue weighted by atomic mass is 32.2. The summed E-state index contributed by atoms with van der Waals surface area (Å²) < 4.78 is 0. The Morgan fingerprint density at radius 3 is 2.57 bits per heavy atom. The van der Waals surface area contributed by atoms with E-state index in [4.69, 9.17) is 12.0 Å². The monoisotopic (exact) mass is 763 g/mol. The van der Waals surface area contributed by atoms with Gasteiger partial charge in [-0.2, -0.15) is 0 Å². The van der Waals surface area contributed by atoms with E-state index in [9.17, 15) is 29.4 Å². The molecule has 5 fully saturated rings. The summed E-state index contributed by atoms with van der Waals surface area (Å²) in [6, 6.07) is -0.685. The zero-order chi connectivity index (χ0) is 38.9. The highest BCUT2D eigenvalue weighted by molar-refractivity contribution is 8.00. The fraction of sp³-hybridized carbons (Fsp3) is 0.810. The molecular formula is C42H61N5O6S. The van der Waals surface area contributed by atoms with Crippen molar-refractivity contribution in [2.24, 2.45) is 57.4 Å². The third kappa shape index (κ3) is 7.77. The average Bonchev–Trinajstić information content (AvgIpc) is 3.49. The predicted octanol–water partition coefficient (Wildman–Crippen LogP) is 6.72. The van der Waals surface area contributed by atoms with E-state index < -0.39 is 6.04 Å². The van der Waals surface area contributed by atoms with Crippen LogP contribution in [0.3, 0.4) is 0 Å². The number of nitrogens with one attached hydrogen (secondary N) is 1. The van der Waals surface area contributed by atoms with E-state index in [0.717, 1.165) is 63.4 Å². The summed E-state index contributed by atoms with van der Waals surface area (Å²) in [5.74, 6) is 4.62. The fourth-order valence-electron chi connectivity index (χ4n) is 12.4. The fourth-order valence-corrected chi connectivity index (χ4v) is 13.7. The van der Waals surface area contributed by atoms with Crippen LogP contribution in [-0.2, 0) is 19.2 Å². The van der Waals surface area contributed by atoms with Crippen molar-refractivity contribution in [2.45, 2.75) is 148 Å². The van der Waals surface area contributed by atoms with Crippen LogP contribution in [0.4, 0.5) is 0 Å². The van der Waals surface area contributed by atoms with Gasteiger partial charge in [0.2, 0.25) is 5.91 Å². The highest BCUT2D eigenvalue weighted by Crippen LogP contribution is 2.68. The van der Waals surface area contributed by atoms with Crippen LogP contribution < -0.4 is 5.32 Å². The Morgan fingerprint density at radius 2 is 1.83 bits per heavy atom. The second-order valence-corrected chi connectivity index (χ2v) is 19.4. The Labute approximate surface area is 325 Å². The van der Waals surface area contributed by atoms with Crippen LogP contribution in [0.5, 0.6) is 0 Å². The van der Waals surface area contributed by atoms with Gasteiger partial charge in [0, 0.05) is 49.3 Å². The van der Waals surface area contributed by atoms with Gasteiger partial charge in [-0.1, -0.05) is 25.9 Å². The molecule has 0 aromatic rings. The van der Waals surface area contributed by atoms with Crippen LogP contribution >= 0.6 is 11.8 Å². The lowest BCUT2D eigenvalue weighted by atomic mass is 9.43. The molecule has 4 aliphatic carbocycles. The molecule has 2 aliphatic heterocycles. The van der Waals surface area contributed by atoms with Crippen LogP contribution in [0.25, 0.3) is 10.4 Å². The molecule has 2 amide bonds. The number of fused-ring (bicyclic) bond motifs is 6. The largest absolute Gasteiger partial charge is 0.393 e. The van der Waals surface area contributed by atoms with Crippen molar-refractivity contribution >= 4 is 35.1 Å². The molecule has 4 saturated carbocycles. The Hall–Kier alpha value is -2.84. The highest BCUT2D eigenvalue weighted by Gasteiger charge is 2.63. The minimum atomic E-state index is -0.685. The number of rotatable bonds is 15. The van der Waals surface area contributed by atoms with Crippen molar-refractivity contribution in [1.29, 1.82) is 0 Å². The second kappa shape index (κ2) is 16.7. The van der Waals surface area contributed by atoms with Gasteiger partial charge in [0.05, 0.1) is 17.9 Å². The number of β-lactam (4-membered cyclic amide) rings is 1. The summed E-state index contributed by atoms with van der Waals surface area (Å²) in [5, 5.41) is 28.1. The summed E-state index contributed by atoms with van der Waals surface area (Å²) in [7, 11) is 0. The zero-order valence-electron chi connectivity index (χ0n) is 32.7. The van der Waals surface area contributed by atoms with Crippen molar-refractivity contribution in [3.63, 3.8) is 0 Å². The number of aliphatic hydroxyl groups is 2. The van der Waals surface area contributed by atoms with Gasteiger partial charge in [-0.3, -0.25) is 24.1 Å². The quantitative estimate of drug-likeness (QED) is 0.0415.